The molecule has 0 saturated carbocycles. The van der Waals surface area contributed by atoms with Crippen LogP contribution < -0.4 is 0 Å². The number of carbonyl (C=O) groups is 2. The predicted octanol–water partition coefficient (Wildman–Crippen LogP) is 2.00. The summed E-state index contributed by atoms with van der Waals surface area (Å²) in [6.07, 6.45) is 8.78. The van der Waals surface area contributed by atoms with Crippen LogP contribution in [0.2, 0.25) is 0 Å². The Hall–Kier alpha value is -1.40. The Kier molecular flexibility index (Phi) is 22.0. The summed E-state index contributed by atoms with van der Waals surface area (Å²) in [6, 6.07) is 0. The van der Waals surface area contributed by atoms with Gasteiger partial charge in [0.25, 0.3) is 11.8 Å². The molecule has 0 atom stereocenters. The molecule has 2 amide bonds. The molecule has 10 heteroatoms. The first-order valence-electron chi connectivity index (χ1n) is 12.8. The van der Waals surface area contributed by atoms with Crippen molar-refractivity contribution in [2.75, 3.05) is 99.0 Å². The Morgan fingerprint density at radius 2 is 0.829 bits per heavy atom. The molecule has 0 spiro atoms. The molecular formula is C25H45NO9. The molecule has 0 aromatic heterocycles. The molecule has 0 N–H and O–H groups in total. The van der Waals surface area contributed by atoms with Crippen molar-refractivity contribution < 1.29 is 42.7 Å². The molecule has 0 aromatic carbocycles. The molecule has 0 aromatic rings. The number of hydrogen-bond donors (Lipinski definition) is 0. The van der Waals surface area contributed by atoms with Gasteiger partial charge < -0.3 is 33.2 Å². The van der Waals surface area contributed by atoms with Crippen molar-refractivity contribution >= 4 is 11.8 Å². The van der Waals surface area contributed by atoms with E-state index in [4.69, 9.17) is 33.2 Å². The molecule has 204 valence electrons. The van der Waals surface area contributed by atoms with Crippen LogP contribution in [0.25, 0.3) is 0 Å². The quantitative estimate of drug-likeness (QED) is 0.123. The van der Waals surface area contributed by atoms with Crippen molar-refractivity contribution in [3.05, 3.63) is 12.2 Å². The van der Waals surface area contributed by atoms with Crippen molar-refractivity contribution in [2.45, 2.75) is 39.0 Å². The van der Waals surface area contributed by atoms with E-state index in [9.17, 15) is 9.59 Å². The lowest BCUT2D eigenvalue weighted by molar-refractivity contribution is -0.137. The third-order valence-corrected chi connectivity index (χ3v) is 4.98. The highest BCUT2D eigenvalue weighted by Crippen LogP contribution is 2.03. The molecule has 1 rings (SSSR count). The number of rotatable bonds is 27. The van der Waals surface area contributed by atoms with E-state index in [2.05, 4.69) is 6.92 Å². The molecular weight excluding hydrogens is 458 g/mol. The van der Waals surface area contributed by atoms with Crippen LogP contribution in [-0.4, -0.2) is 116 Å². The summed E-state index contributed by atoms with van der Waals surface area (Å²) in [5, 5.41) is 0. The summed E-state index contributed by atoms with van der Waals surface area (Å²) in [5.74, 6) is -0.595. The fourth-order valence-corrected chi connectivity index (χ4v) is 3.04. The minimum atomic E-state index is -0.298. The normalized spacial score (nSPS) is 13.5. The van der Waals surface area contributed by atoms with Crippen molar-refractivity contribution in [1.82, 2.24) is 4.90 Å². The number of carbonyl (C=O) groups excluding carboxylic acids is 2. The molecule has 35 heavy (non-hydrogen) atoms. The summed E-state index contributed by atoms with van der Waals surface area (Å²) in [7, 11) is 0. The van der Waals surface area contributed by atoms with Gasteiger partial charge in [0.15, 0.2) is 0 Å². The van der Waals surface area contributed by atoms with Gasteiger partial charge in [0.2, 0.25) is 0 Å². The first-order chi connectivity index (χ1) is 17.3. The van der Waals surface area contributed by atoms with Gasteiger partial charge in [-0.05, 0) is 6.42 Å². The maximum absolute atomic E-state index is 11.4. The monoisotopic (exact) mass is 503 g/mol. The van der Waals surface area contributed by atoms with Crippen LogP contribution in [0.5, 0.6) is 0 Å². The molecule has 0 saturated heterocycles. The van der Waals surface area contributed by atoms with Crippen LogP contribution in [0.4, 0.5) is 0 Å². The van der Waals surface area contributed by atoms with Crippen LogP contribution in [0, 0.1) is 0 Å². The lowest BCUT2D eigenvalue weighted by atomic mass is 10.2. The fourth-order valence-electron chi connectivity index (χ4n) is 3.04. The SMILES string of the molecule is CCCCCCCOCCOCCOCCOCCOCCOCCOCCN1C(=O)C=CC1=O. The number of imide groups is 1. The topological polar surface area (TPSA) is 102 Å². The molecule has 0 bridgehead atoms. The first kappa shape index (κ1) is 31.6. The van der Waals surface area contributed by atoms with Crippen molar-refractivity contribution in [2.24, 2.45) is 0 Å². The largest absolute Gasteiger partial charge is 0.379 e. The molecule has 1 heterocycles. The maximum Gasteiger partial charge on any atom is 0.253 e. The summed E-state index contributed by atoms with van der Waals surface area (Å²) < 4.78 is 38.1. The lowest BCUT2D eigenvalue weighted by Crippen LogP contribution is -2.33. The van der Waals surface area contributed by atoms with E-state index in [0.29, 0.717) is 85.9 Å². The first-order valence-corrected chi connectivity index (χ1v) is 12.8. The van der Waals surface area contributed by atoms with Crippen LogP contribution in [0.3, 0.4) is 0 Å². The average molecular weight is 504 g/mol. The second kappa shape index (κ2) is 24.3. The zero-order valence-electron chi connectivity index (χ0n) is 21.4. The Labute approximate surface area is 210 Å². The Bertz CT molecular complexity index is 527. The highest BCUT2D eigenvalue weighted by atomic mass is 16.6. The average Bonchev–Trinajstić information content (AvgIpc) is 3.18. The van der Waals surface area contributed by atoms with Gasteiger partial charge in [0, 0.05) is 18.8 Å². The summed E-state index contributed by atoms with van der Waals surface area (Å²) >= 11 is 0. The van der Waals surface area contributed by atoms with Gasteiger partial charge in [-0.3, -0.25) is 14.5 Å². The number of ether oxygens (including phenoxy) is 7. The van der Waals surface area contributed by atoms with E-state index in [1.54, 1.807) is 0 Å². The predicted molar refractivity (Wildman–Crippen MR) is 130 cm³/mol. The molecule has 0 fully saturated rings. The van der Waals surface area contributed by atoms with E-state index in [0.717, 1.165) is 17.9 Å². The van der Waals surface area contributed by atoms with Gasteiger partial charge >= 0.3 is 0 Å². The number of hydrogen-bond acceptors (Lipinski definition) is 9. The number of unbranched alkanes of at least 4 members (excludes halogenated alkanes) is 4. The Morgan fingerprint density at radius 1 is 0.486 bits per heavy atom. The number of nitrogens with zero attached hydrogens (tertiary/aromatic N) is 1. The zero-order valence-corrected chi connectivity index (χ0v) is 21.4. The summed E-state index contributed by atoms with van der Waals surface area (Å²) in [5.41, 5.74) is 0. The van der Waals surface area contributed by atoms with Gasteiger partial charge in [-0.2, -0.15) is 0 Å². The number of amides is 2. The van der Waals surface area contributed by atoms with Crippen molar-refractivity contribution in [1.29, 1.82) is 0 Å². The fraction of sp³-hybridized carbons (Fsp3) is 0.840. The van der Waals surface area contributed by atoms with E-state index in [1.807, 2.05) is 0 Å². The maximum atomic E-state index is 11.4. The molecule has 0 radical (unpaired) electrons. The summed E-state index contributed by atoms with van der Waals surface area (Å²) in [4.78, 5) is 23.9. The standard InChI is InChI=1S/C25H45NO9/c1-2-3-4-5-6-10-29-12-14-31-16-18-33-20-22-35-23-21-34-19-17-32-15-13-30-11-9-26-24(27)7-8-25(26)28/h7-8H,2-6,9-23H2,1H3. The van der Waals surface area contributed by atoms with Crippen molar-refractivity contribution in [3.8, 4) is 0 Å². The molecule has 10 nitrogen and oxygen atoms in total. The molecule has 0 aliphatic carbocycles. The van der Waals surface area contributed by atoms with Gasteiger partial charge in [-0.25, -0.2) is 0 Å². The molecule has 0 unspecified atom stereocenters. The van der Waals surface area contributed by atoms with E-state index in [-0.39, 0.29) is 18.4 Å². The highest BCUT2D eigenvalue weighted by molar-refractivity contribution is 6.12. The minimum Gasteiger partial charge on any atom is -0.379 e. The van der Waals surface area contributed by atoms with Crippen LogP contribution in [0.1, 0.15) is 39.0 Å². The van der Waals surface area contributed by atoms with Crippen LogP contribution in [0.15, 0.2) is 12.2 Å². The van der Waals surface area contributed by atoms with E-state index >= 15 is 0 Å². The zero-order chi connectivity index (χ0) is 25.2. The smallest absolute Gasteiger partial charge is 0.253 e. The van der Waals surface area contributed by atoms with Crippen molar-refractivity contribution in [3.63, 3.8) is 0 Å². The third kappa shape index (κ3) is 19.5. The second-order valence-corrected chi connectivity index (χ2v) is 7.86. The summed E-state index contributed by atoms with van der Waals surface area (Å²) in [6.45, 7) is 9.72. The van der Waals surface area contributed by atoms with Crippen LogP contribution in [-0.2, 0) is 42.7 Å². The Morgan fingerprint density at radius 3 is 1.23 bits per heavy atom. The van der Waals surface area contributed by atoms with Gasteiger partial charge in [-0.15, -0.1) is 0 Å². The van der Waals surface area contributed by atoms with Crippen LogP contribution >= 0.6 is 0 Å². The minimum absolute atomic E-state index is 0.251. The highest BCUT2D eigenvalue weighted by Gasteiger charge is 2.22. The third-order valence-electron chi connectivity index (χ3n) is 4.98. The van der Waals surface area contributed by atoms with E-state index in [1.165, 1.54) is 37.8 Å². The molecule has 1 aliphatic rings. The van der Waals surface area contributed by atoms with E-state index < -0.39 is 0 Å². The Balaban J connectivity index is 1.65. The van der Waals surface area contributed by atoms with Gasteiger partial charge in [0.05, 0.1) is 92.4 Å². The van der Waals surface area contributed by atoms with Gasteiger partial charge in [-0.1, -0.05) is 32.6 Å². The lowest BCUT2D eigenvalue weighted by Gasteiger charge is -2.13. The molecule has 1 aliphatic heterocycles. The van der Waals surface area contributed by atoms with Gasteiger partial charge in [0.1, 0.15) is 0 Å². The second-order valence-electron chi connectivity index (χ2n) is 7.86.